The molecule has 2 aliphatic rings. The smallest absolute Gasteiger partial charge is 0.348 e. The normalized spacial score (nSPS) is 17.0. The van der Waals surface area contributed by atoms with Crippen molar-refractivity contribution in [3.8, 4) is 11.5 Å². The fraction of sp³-hybridized carbons (Fsp3) is 0.304. The van der Waals surface area contributed by atoms with Crippen molar-refractivity contribution in [2.45, 2.75) is 38.1 Å². The Morgan fingerprint density at radius 3 is 2.28 bits per heavy atom. The second-order valence-corrected chi connectivity index (χ2v) is 7.58. The highest BCUT2D eigenvalue weighted by Crippen LogP contribution is 2.39. The number of esters is 2. The fourth-order valence-electron chi connectivity index (χ4n) is 3.72. The number of carbonyl (C=O) groups excluding carboxylic acids is 2. The molecule has 32 heavy (non-hydrogen) atoms. The van der Waals surface area contributed by atoms with Gasteiger partial charge in [0.1, 0.15) is 12.2 Å². The standard InChI is InChI=1S/C23H21NO8/c1-29-20-13-16(12-18-21(25)31-23(32-22(18)26)10-2-3-11-23)6-9-19(20)30-14-15-4-7-17(8-5-15)24(27)28/h4-9,12-13H,2-3,10-11,14H2,1H3. The highest BCUT2D eigenvalue weighted by Gasteiger charge is 2.47. The summed E-state index contributed by atoms with van der Waals surface area (Å²) < 4.78 is 22.0. The van der Waals surface area contributed by atoms with E-state index < -0.39 is 22.6 Å². The predicted molar refractivity (Wildman–Crippen MR) is 112 cm³/mol. The van der Waals surface area contributed by atoms with E-state index in [9.17, 15) is 19.7 Å². The van der Waals surface area contributed by atoms with Crippen LogP contribution in [0, 0.1) is 10.1 Å². The van der Waals surface area contributed by atoms with E-state index >= 15 is 0 Å². The van der Waals surface area contributed by atoms with Gasteiger partial charge < -0.3 is 18.9 Å². The molecule has 166 valence electrons. The Hall–Kier alpha value is -3.88. The van der Waals surface area contributed by atoms with Crippen LogP contribution in [0.3, 0.4) is 0 Å². The second kappa shape index (κ2) is 8.70. The van der Waals surface area contributed by atoms with Crippen molar-refractivity contribution >= 4 is 23.7 Å². The average Bonchev–Trinajstić information content (AvgIpc) is 3.22. The van der Waals surface area contributed by atoms with Gasteiger partial charge in [0.25, 0.3) is 11.5 Å². The van der Waals surface area contributed by atoms with Crippen LogP contribution in [0.2, 0.25) is 0 Å². The van der Waals surface area contributed by atoms with Crippen molar-refractivity contribution in [3.05, 3.63) is 69.3 Å². The summed E-state index contributed by atoms with van der Waals surface area (Å²) in [5.41, 5.74) is 1.11. The number of ether oxygens (including phenoxy) is 4. The quantitative estimate of drug-likeness (QED) is 0.219. The molecule has 4 rings (SSSR count). The Balaban J connectivity index is 1.47. The van der Waals surface area contributed by atoms with E-state index in [0.29, 0.717) is 29.9 Å². The lowest BCUT2D eigenvalue weighted by Crippen LogP contribution is -2.44. The first-order valence-corrected chi connectivity index (χ1v) is 10.1. The average molecular weight is 439 g/mol. The minimum absolute atomic E-state index is 0.00217. The van der Waals surface area contributed by atoms with E-state index in [4.69, 9.17) is 18.9 Å². The number of nitrogens with zero attached hydrogens (tertiary/aromatic N) is 1. The van der Waals surface area contributed by atoms with Gasteiger partial charge in [-0.15, -0.1) is 0 Å². The largest absolute Gasteiger partial charge is 0.493 e. The molecule has 9 heteroatoms. The lowest BCUT2D eigenvalue weighted by atomic mass is 10.1. The van der Waals surface area contributed by atoms with Crippen molar-refractivity contribution in [1.82, 2.24) is 0 Å². The fourth-order valence-corrected chi connectivity index (χ4v) is 3.72. The maximum Gasteiger partial charge on any atom is 0.348 e. The Morgan fingerprint density at radius 1 is 1.03 bits per heavy atom. The zero-order valence-electron chi connectivity index (χ0n) is 17.4. The van der Waals surface area contributed by atoms with E-state index in [-0.39, 0.29) is 17.9 Å². The Kier molecular flexibility index (Phi) is 5.81. The maximum atomic E-state index is 12.4. The van der Waals surface area contributed by atoms with Gasteiger partial charge in [-0.1, -0.05) is 6.07 Å². The van der Waals surface area contributed by atoms with Gasteiger partial charge in [0.05, 0.1) is 12.0 Å². The van der Waals surface area contributed by atoms with Crippen LogP contribution in [0.15, 0.2) is 48.0 Å². The first kappa shape index (κ1) is 21.4. The number of hydrogen-bond donors (Lipinski definition) is 0. The number of non-ortho nitro benzene ring substituents is 1. The topological polar surface area (TPSA) is 114 Å². The van der Waals surface area contributed by atoms with Gasteiger partial charge in [0.15, 0.2) is 11.5 Å². The molecule has 0 unspecified atom stereocenters. The number of nitro groups is 1. The number of benzene rings is 2. The molecule has 1 aliphatic heterocycles. The van der Waals surface area contributed by atoms with Gasteiger partial charge in [0, 0.05) is 25.0 Å². The molecule has 1 spiro atoms. The zero-order chi connectivity index (χ0) is 22.7. The Bertz CT molecular complexity index is 1060. The molecule has 2 aromatic carbocycles. The number of hydrogen-bond acceptors (Lipinski definition) is 8. The molecule has 0 radical (unpaired) electrons. The summed E-state index contributed by atoms with van der Waals surface area (Å²) >= 11 is 0. The first-order chi connectivity index (χ1) is 15.4. The molecule has 1 saturated carbocycles. The highest BCUT2D eigenvalue weighted by molar-refractivity contribution is 6.18. The molecule has 1 heterocycles. The van der Waals surface area contributed by atoms with Gasteiger partial charge in [-0.3, -0.25) is 10.1 Å². The van der Waals surface area contributed by atoms with Crippen molar-refractivity contribution in [2.75, 3.05) is 7.11 Å². The second-order valence-electron chi connectivity index (χ2n) is 7.58. The van der Waals surface area contributed by atoms with Crippen molar-refractivity contribution in [2.24, 2.45) is 0 Å². The van der Waals surface area contributed by atoms with Gasteiger partial charge in [0.2, 0.25) is 0 Å². The molecule has 0 N–H and O–H groups in total. The highest BCUT2D eigenvalue weighted by atomic mass is 16.7. The number of nitro benzene ring substituents is 1. The van der Waals surface area contributed by atoms with E-state index in [0.717, 1.165) is 18.4 Å². The van der Waals surface area contributed by atoms with Crippen molar-refractivity contribution in [3.63, 3.8) is 0 Å². The Morgan fingerprint density at radius 2 is 1.69 bits per heavy atom. The number of rotatable bonds is 6. The van der Waals surface area contributed by atoms with E-state index in [1.165, 1.54) is 25.3 Å². The van der Waals surface area contributed by atoms with Crippen LogP contribution in [0.1, 0.15) is 36.8 Å². The van der Waals surface area contributed by atoms with Crippen LogP contribution >= 0.6 is 0 Å². The van der Waals surface area contributed by atoms with Crippen LogP contribution in [0.25, 0.3) is 6.08 Å². The van der Waals surface area contributed by atoms with E-state index in [1.54, 1.807) is 30.3 Å². The van der Waals surface area contributed by atoms with E-state index in [2.05, 4.69) is 0 Å². The third-order valence-corrected chi connectivity index (χ3v) is 5.40. The third kappa shape index (κ3) is 4.41. The van der Waals surface area contributed by atoms with Gasteiger partial charge in [-0.2, -0.15) is 0 Å². The summed E-state index contributed by atoms with van der Waals surface area (Å²) in [7, 11) is 1.47. The van der Waals surface area contributed by atoms with Crippen LogP contribution in [0.5, 0.6) is 11.5 Å². The molecular weight excluding hydrogens is 418 g/mol. The first-order valence-electron chi connectivity index (χ1n) is 10.1. The van der Waals surface area contributed by atoms with Crippen molar-refractivity contribution in [1.29, 1.82) is 0 Å². The number of methoxy groups -OCH3 is 1. The molecule has 0 atom stereocenters. The lowest BCUT2D eigenvalue weighted by Gasteiger charge is -2.32. The van der Waals surface area contributed by atoms with Gasteiger partial charge in [-0.05, 0) is 54.3 Å². The Labute approximate surface area is 183 Å². The molecule has 1 aliphatic carbocycles. The molecule has 1 saturated heterocycles. The summed E-state index contributed by atoms with van der Waals surface area (Å²) in [4.78, 5) is 35.1. The maximum absolute atomic E-state index is 12.4. The third-order valence-electron chi connectivity index (χ3n) is 5.40. The summed E-state index contributed by atoms with van der Waals surface area (Å²) in [6.45, 7) is 0.176. The lowest BCUT2D eigenvalue weighted by molar-refractivity contribution is -0.384. The molecule has 0 bridgehead atoms. The molecule has 9 nitrogen and oxygen atoms in total. The van der Waals surface area contributed by atoms with Gasteiger partial charge >= 0.3 is 11.9 Å². The zero-order valence-corrected chi connectivity index (χ0v) is 17.4. The molecule has 0 amide bonds. The van der Waals surface area contributed by atoms with Crippen LogP contribution in [-0.4, -0.2) is 29.8 Å². The van der Waals surface area contributed by atoms with Crippen molar-refractivity contribution < 1.29 is 33.5 Å². The molecule has 0 aromatic heterocycles. The predicted octanol–water partition coefficient (Wildman–Crippen LogP) is 3.94. The minimum atomic E-state index is -1.11. The summed E-state index contributed by atoms with van der Waals surface area (Å²) in [6.07, 6.45) is 4.13. The summed E-state index contributed by atoms with van der Waals surface area (Å²) in [5.74, 6) is -1.67. The number of carbonyl (C=O) groups is 2. The summed E-state index contributed by atoms with van der Waals surface area (Å²) in [6, 6.07) is 11.0. The van der Waals surface area contributed by atoms with Crippen LogP contribution < -0.4 is 9.47 Å². The van der Waals surface area contributed by atoms with E-state index in [1.807, 2.05) is 0 Å². The summed E-state index contributed by atoms with van der Waals surface area (Å²) in [5, 5.41) is 10.8. The SMILES string of the molecule is COc1cc(C=C2C(=O)OC3(CCCC3)OC2=O)ccc1OCc1ccc([N+](=O)[O-])cc1. The van der Waals surface area contributed by atoms with Crippen LogP contribution in [-0.2, 0) is 25.7 Å². The van der Waals surface area contributed by atoms with Crippen LogP contribution in [0.4, 0.5) is 5.69 Å². The molecule has 2 fully saturated rings. The molecular formula is C23H21NO8. The van der Waals surface area contributed by atoms with Gasteiger partial charge in [-0.25, -0.2) is 9.59 Å². The minimum Gasteiger partial charge on any atom is -0.493 e. The monoisotopic (exact) mass is 439 g/mol. The molecule has 2 aromatic rings.